The number of sulfonamides is 1. The van der Waals surface area contributed by atoms with Crippen molar-refractivity contribution in [1.82, 2.24) is 4.31 Å². The van der Waals surface area contributed by atoms with E-state index in [2.05, 4.69) is 10.0 Å². The van der Waals surface area contributed by atoms with E-state index < -0.39 is 28.8 Å². The zero-order valence-corrected chi connectivity index (χ0v) is 12.8. The highest BCUT2D eigenvalue weighted by molar-refractivity contribution is 7.89. The summed E-state index contributed by atoms with van der Waals surface area (Å²) in [4.78, 5) is 2.70. The van der Waals surface area contributed by atoms with Crippen molar-refractivity contribution in [3.63, 3.8) is 0 Å². The number of halogens is 1. The second-order valence-electron chi connectivity index (χ2n) is 4.44. The van der Waals surface area contributed by atoms with E-state index in [-0.39, 0.29) is 4.90 Å². The van der Waals surface area contributed by atoms with Gasteiger partial charge in [-0.05, 0) is 23.2 Å². The van der Waals surface area contributed by atoms with Crippen molar-refractivity contribution in [3.05, 3.63) is 40.3 Å². The smallest absolute Gasteiger partial charge is 0.242 e. The SMILES string of the molecule is CO[C@H](c1ccc(S(=O)(=O)N(C)C)cc1)[C@@H](CF)N=[N+]=[N-]. The summed E-state index contributed by atoms with van der Waals surface area (Å²) in [5, 5.41) is 3.34. The summed E-state index contributed by atoms with van der Waals surface area (Å²) >= 11 is 0. The van der Waals surface area contributed by atoms with Crippen molar-refractivity contribution in [1.29, 1.82) is 0 Å². The molecule has 7 nitrogen and oxygen atoms in total. The van der Waals surface area contributed by atoms with Gasteiger partial charge in [-0.2, -0.15) is 0 Å². The Labute approximate surface area is 123 Å². The van der Waals surface area contributed by atoms with Crippen molar-refractivity contribution >= 4 is 10.0 Å². The van der Waals surface area contributed by atoms with Crippen LogP contribution in [0.3, 0.4) is 0 Å². The van der Waals surface area contributed by atoms with E-state index in [9.17, 15) is 12.8 Å². The van der Waals surface area contributed by atoms with E-state index >= 15 is 0 Å². The van der Waals surface area contributed by atoms with Crippen molar-refractivity contribution < 1.29 is 17.5 Å². The molecule has 0 N–H and O–H groups in total. The minimum atomic E-state index is -3.53. The van der Waals surface area contributed by atoms with Gasteiger partial charge in [-0.1, -0.05) is 17.2 Å². The van der Waals surface area contributed by atoms with Crippen molar-refractivity contribution in [2.75, 3.05) is 27.9 Å². The fraction of sp³-hybridized carbons (Fsp3) is 0.500. The second-order valence-corrected chi connectivity index (χ2v) is 6.59. The lowest BCUT2D eigenvalue weighted by molar-refractivity contribution is 0.0721. The summed E-state index contributed by atoms with van der Waals surface area (Å²) < 4.78 is 43.0. The fourth-order valence-electron chi connectivity index (χ4n) is 1.79. The molecule has 1 aromatic carbocycles. The van der Waals surface area contributed by atoms with Gasteiger partial charge >= 0.3 is 0 Å². The van der Waals surface area contributed by atoms with E-state index in [0.717, 1.165) is 4.31 Å². The summed E-state index contributed by atoms with van der Waals surface area (Å²) in [7, 11) is 0.705. The summed E-state index contributed by atoms with van der Waals surface area (Å²) in [6, 6.07) is 4.83. The number of nitrogens with zero attached hydrogens (tertiary/aromatic N) is 4. The first-order chi connectivity index (χ1) is 9.88. The Morgan fingerprint density at radius 2 is 1.95 bits per heavy atom. The molecule has 0 amide bonds. The molecule has 1 aromatic rings. The molecule has 0 bridgehead atoms. The molecule has 0 fully saturated rings. The maximum absolute atomic E-state index is 12.9. The highest BCUT2D eigenvalue weighted by Gasteiger charge is 2.23. The fourth-order valence-corrected chi connectivity index (χ4v) is 2.70. The summed E-state index contributed by atoms with van der Waals surface area (Å²) in [5.74, 6) is 0. The van der Waals surface area contributed by atoms with Gasteiger partial charge in [-0.15, -0.1) is 0 Å². The third-order valence-electron chi connectivity index (χ3n) is 2.95. The van der Waals surface area contributed by atoms with E-state index in [4.69, 9.17) is 10.3 Å². The molecule has 0 heterocycles. The van der Waals surface area contributed by atoms with Crippen LogP contribution in [0.4, 0.5) is 4.39 Å². The molecule has 21 heavy (non-hydrogen) atoms. The molecule has 0 aliphatic carbocycles. The first kappa shape index (κ1) is 17.4. The van der Waals surface area contributed by atoms with Crippen LogP contribution in [0.1, 0.15) is 11.7 Å². The normalized spacial score (nSPS) is 14.5. The zero-order chi connectivity index (χ0) is 16.0. The topological polar surface area (TPSA) is 95.4 Å². The van der Waals surface area contributed by atoms with Crippen LogP contribution in [-0.2, 0) is 14.8 Å². The molecule has 0 saturated heterocycles. The monoisotopic (exact) mass is 316 g/mol. The maximum atomic E-state index is 12.9. The van der Waals surface area contributed by atoms with E-state index in [0.29, 0.717) is 5.56 Å². The molecule has 1 rings (SSSR count). The summed E-state index contributed by atoms with van der Waals surface area (Å²) in [6.45, 7) is -0.875. The number of methoxy groups -OCH3 is 1. The minimum absolute atomic E-state index is 0.117. The van der Waals surface area contributed by atoms with Crippen LogP contribution in [0.5, 0.6) is 0 Å². The van der Waals surface area contributed by atoms with Gasteiger partial charge in [0.05, 0.1) is 17.0 Å². The van der Waals surface area contributed by atoms with Crippen molar-refractivity contribution in [3.8, 4) is 0 Å². The lowest BCUT2D eigenvalue weighted by Crippen LogP contribution is -2.23. The van der Waals surface area contributed by atoms with Crippen molar-refractivity contribution in [2.24, 2.45) is 5.11 Å². The highest BCUT2D eigenvalue weighted by atomic mass is 32.2. The molecule has 0 radical (unpaired) electrons. The minimum Gasteiger partial charge on any atom is -0.376 e. The molecule has 0 aromatic heterocycles. The van der Waals surface area contributed by atoms with Crippen LogP contribution in [0, 0.1) is 0 Å². The van der Waals surface area contributed by atoms with Crippen LogP contribution in [0.2, 0.25) is 0 Å². The average Bonchev–Trinajstić information content (AvgIpc) is 2.47. The molecule has 0 spiro atoms. The third kappa shape index (κ3) is 3.92. The lowest BCUT2D eigenvalue weighted by Gasteiger charge is -2.20. The quantitative estimate of drug-likeness (QED) is 0.438. The Hall–Kier alpha value is -1.67. The zero-order valence-electron chi connectivity index (χ0n) is 12.0. The Morgan fingerprint density at radius 1 is 1.38 bits per heavy atom. The standard InChI is InChI=1S/C12H17FN4O3S/c1-17(2)21(18,19)10-6-4-9(5-7-10)12(20-3)11(8-13)15-16-14/h4-7,11-12H,8H2,1-3H3/t11-,12-/m1/s1. The number of hydrogen-bond donors (Lipinski definition) is 0. The van der Waals surface area contributed by atoms with Crippen LogP contribution in [-0.4, -0.2) is 46.6 Å². The van der Waals surface area contributed by atoms with Gasteiger partial charge < -0.3 is 4.74 Å². The van der Waals surface area contributed by atoms with Gasteiger partial charge in [0.25, 0.3) is 0 Å². The van der Waals surface area contributed by atoms with Crippen LogP contribution < -0.4 is 0 Å². The number of benzene rings is 1. The molecule has 0 aliphatic heterocycles. The van der Waals surface area contributed by atoms with Gasteiger partial charge in [0.1, 0.15) is 6.67 Å². The van der Waals surface area contributed by atoms with Gasteiger partial charge in [0.2, 0.25) is 10.0 Å². The van der Waals surface area contributed by atoms with E-state index in [1.807, 2.05) is 0 Å². The van der Waals surface area contributed by atoms with E-state index in [1.165, 1.54) is 45.5 Å². The van der Waals surface area contributed by atoms with Crippen LogP contribution in [0.15, 0.2) is 34.3 Å². The molecule has 0 unspecified atom stereocenters. The first-order valence-electron chi connectivity index (χ1n) is 6.04. The predicted octanol–water partition coefficient (Wildman–Crippen LogP) is 2.27. The Kier molecular flexibility index (Phi) is 6.10. The summed E-state index contributed by atoms with van der Waals surface area (Å²) in [5.41, 5.74) is 8.95. The summed E-state index contributed by atoms with van der Waals surface area (Å²) in [6.07, 6.45) is -0.776. The predicted molar refractivity (Wildman–Crippen MR) is 76.0 cm³/mol. The molecule has 9 heteroatoms. The van der Waals surface area contributed by atoms with Crippen LogP contribution in [0.25, 0.3) is 10.4 Å². The molecule has 116 valence electrons. The number of ether oxygens (including phenoxy) is 1. The van der Waals surface area contributed by atoms with Gasteiger partial charge in [-0.3, -0.25) is 4.39 Å². The maximum Gasteiger partial charge on any atom is 0.242 e. The van der Waals surface area contributed by atoms with Crippen LogP contribution >= 0.6 is 0 Å². The molecule has 0 saturated carbocycles. The number of hydrogen-bond acceptors (Lipinski definition) is 4. The third-order valence-corrected chi connectivity index (χ3v) is 4.78. The molecule has 0 aliphatic rings. The molecule has 2 atom stereocenters. The average molecular weight is 316 g/mol. The van der Waals surface area contributed by atoms with Crippen molar-refractivity contribution in [2.45, 2.75) is 17.0 Å². The van der Waals surface area contributed by atoms with E-state index in [1.54, 1.807) is 0 Å². The Bertz CT molecular complexity index is 612. The lowest BCUT2D eigenvalue weighted by atomic mass is 10.0. The Balaban J connectivity index is 3.13. The van der Waals surface area contributed by atoms with Gasteiger partial charge in [0, 0.05) is 26.1 Å². The number of azide groups is 1. The van der Waals surface area contributed by atoms with Gasteiger partial charge in [-0.25, -0.2) is 12.7 Å². The number of rotatable bonds is 7. The molecular weight excluding hydrogens is 299 g/mol. The molecular formula is C12H17FN4O3S. The first-order valence-corrected chi connectivity index (χ1v) is 7.48. The van der Waals surface area contributed by atoms with Gasteiger partial charge in [0.15, 0.2) is 0 Å². The number of alkyl halides is 1. The largest absolute Gasteiger partial charge is 0.376 e. The second kappa shape index (κ2) is 7.37. The highest BCUT2D eigenvalue weighted by Crippen LogP contribution is 2.25. The Morgan fingerprint density at radius 3 is 2.33 bits per heavy atom.